The Hall–Kier alpha value is -2.61. The van der Waals surface area contributed by atoms with E-state index in [2.05, 4.69) is 5.92 Å². The monoisotopic (exact) mass is 258 g/mol. The summed E-state index contributed by atoms with van der Waals surface area (Å²) in [5.74, 6) is 1.95. The van der Waals surface area contributed by atoms with Crippen LogP contribution in [0, 0.1) is 18.2 Å². The first-order valence-corrected chi connectivity index (χ1v) is 5.59. The molecule has 0 N–H and O–H groups in total. The van der Waals surface area contributed by atoms with Crippen molar-refractivity contribution in [2.45, 2.75) is 13.1 Å². The molecule has 0 aliphatic carbocycles. The first kappa shape index (κ1) is 12.8. The predicted octanol–water partition coefficient (Wildman–Crippen LogP) is 0.831. The van der Waals surface area contributed by atoms with E-state index in [1.165, 1.54) is 33.7 Å². The lowest BCUT2D eigenvalue weighted by atomic mass is 10.2. The second-order valence-electron chi connectivity index (χ2n) is 3.99. The first-order chi connectivity index (χ1) is 9.11. The molecule has 0 amide bonds. The molecule has 2 rings (SSSR count). The number of halogens is 1. The van der Waals surface area contributed by atoms with Gasteiger partial charge in [-0.25, -0.2) is 4.39 Å². The van der Waals surface area contributed by atoms with Gasteiger partial charge >= 0.3 is 11.1 Å². The van der Waals surface area contributed by atoms with Crippen LogP contribution in [0.2, 0.25) is 0 Å². The Balaban J connectivity index is 2.35. The Morgan fingerprint density at radius 3 is 2.26 bits per heavy atom. The van der Waals surface area contributed by atoms with Crippen molar-refractivity contribution in [1.82, 2.24) is 9.13 Å². The minimum absolute atomic E-state index is 0.0610. The average Bonchev–Trinajstić information content (AvgIpc) is 2.41. The van der Waals surface area contributed by atoms with Crippen LogP contribution >= 0.6 is 0 Å². The number of aromatic nitrogens is 2. The van der Waals surface area contributed by atoms with Crippen molar-refractivity contribution in [3.63, 3.8) is 0 Å². The van der Waals surface area contributed by atoms with E-state index < -0.39 is 11.1 Å². The summed E-state index contributed by atoms with van der Waals surface area (Å²) in [5, 5.41) is 0. The lowest BCUT2D eigenvalue weighted by Gasteiger charge is -2.07. The molecule has 5 heteroatoms. The highest BCUT2D eigenvalue weighted by Gasteiger charge is 2.04. The highest BCUT2D eigenvalue weighted by atomic mass is 19.1. The second-order valence-corrected chi connectivity index (χ2v) is 3.99. The molecule has 96 valence electrons. The maximum atomic E-state index is 12.8. The van der Waals surface area contributed by atoms with Crippen molar-refractivity contribution < 1.29 is 4.39 Å². The van der Waals surface area contributed by atoms with Crippen LogP contribution in [0.1, 0.15) is 5.56 Å². The van der Waals surface area contributed by atoms with Crippen LogP contribution in [-0.4, -0.2) is 9.13 Å². The first-order valence-electron chi connectivity index (χ1n) is 5.59. The fourth-order valence-electron chi connectivity index (χ4n) is 1.68. The Morgan fingerprint density at radius 1 is 1.05 bits per heavy atom. The standard InChI is InChI=1S/C14H11FN2O2/c1-2-7-16-8-9-17(14(19)13(16)18)10-11-3-5-12(15)6-4-11/h1,3-6,8-9H,7,10H2. The van der Waals surface area contributed by atoms with E-state index in [1.54, 1.807) is 12.1 Å². The summed E-state index contributed by atoms with van der Waals surface area (Å²) in [5.41, 5.74) is -0.581. The zero-order valence-electron chi connectivity index (χ0n) is 10.0. The van der Waals surface area contributed by atoms with E-state index in [9.17, 15) is 14.0 Å². The van der Waals surface area contributed by atoms with Crippen molar-refractivity contribution in [1.29, 1.82) is 0 Å². The maximum Gasteiger partial charge on any atom is 0.317 e. The smallest absolute Gasteiger partial charge is 0.305 e. The van der Waals surface area contributed by atoms with Crippen LogP contribution in [0.25, 0.3) is 0 Å². The molecule has 1 aromatic heterocycles. The summed E-state index contributed by atoms with van der Waals surface area (Å²) < 4.78 is 15.2. The Morgan fingerprint density at radius 2 is 1.63 bits per heavy atom. The number of nitrogens with zero attached hydrogens (tertiary/aromatic N) is 2. The van der Waals surface area contributed by atoms with Gasteiger partial charge in [0, 0.05) is 12.4 Å². The quantitative estimate of drug-likeness (QED) is 0.604. The van der Waals surface area contributed by atoms with Crippen LogP contribution in [0.5, 0.6) is 0 Å². The summed E-state index contributed by atoms with van der Waals surface area (Å²) in [6.45, 7) is 0.275. The van der Waals surface area contributed by atoms with Crippen molar-refractivity contribution in [2.24, 2.45) is 0 Å². The molecule has 0 bridgehead atoms. The van der Waals surface area contributed by atoms with Gasteiger partial charge in [-0.2, -0.15) is 0 Å². The van der Waals surface area contributed by atoms with Gasteiger partial charge in [-0.15, -0.1) is 6.42 Å². The van der Waals surface area contributed by atoms with Gasteiger partial charge < -0.3 is 4.57 Å². The third-order valence-electron chi connectivity index (χ3n) is 2.66. The van der Waals surface area contributed by atoms with E-state index in [1.807, 2.05) is 0 Å². The van der Waals surface area contributed by atoms with E-state index in [0.717, 1.165) is 5.56 Å². The molecule has 0 aliphatic heterocycles. The molecule has 4 nitrogen and oxygen atoms in total. The zero-order valence-corrected chi connectivity index (χ0v) is 10.0. The summed E-state index contributed by atoms with van der Waals surface area (Å²) in [4.78, 5) is 23.5. The van der Waals surface area contributed by atoms with Gasteiger partial charge in [0.15, 0.2) is 0 Å². The fourth-order valence-corrected chi connectivity index (χ4v) is 1.68. The highest BCUT2D eigenvalue weighted by molar-refractivity contribution is 5.16. The molecule has 0 radical (unpaired) electrons. The van der Waals surface area contributed by atoms with Gasteiger partial charge in [0.05, 0.1) is 13.1 Å². The average molecular weight is 258 g/mol. The Kier molecular flexibility index (Phi) is 3.62. The SMILES string of the molecule is C#CCn1ccn(Cc2ccc(F)cc2)c(=O)c1=O. The molecular formula is C14H11FN2O2. The van der Waals surface area contributed by atoms with Gasteiger partial charge in [-0.3, -0.25) is 14.2 Å². The number of benzene rings is 1. The van der Waals surface area contributed by atoms with E-state index in [4.69, 9.17) is 6.42 Å². The maximum absolute atomic E-state index is 12.8. The normalized spacial score (nSPS) is 10.1. The van der Waals surface area contributed by atoms with Crippen molar-refractivity contribution in [3.8, 4) is 12.3 Å². The third kappa shape index (κ3) is 2.80. The second kappa shape index (κ2) is 5.36. The van der Waals surface area contributed by atoms with Gasteiger partial charge in [0.1, 0.15) is 5.82 Å². The molecule has 1 aromatic carbocycles. The van der Waals surface area contributed by atoms with Crippen LogP contribution in [0.4, 0.5) is 4.39 Å². The molecule has 0 saturated carbocycles. The molecular weight excluding hydrogens is 247 g/mol. The van der Waals surface area contributed by atoms with Gasteiger partial charge in [0.2, 0.25) is 0 Å². The largest absolute Gasteiger partial charge is 0.317 e. The number of hydrogen-bond acceptors (Lipinski definition) is 2. The van der Waals surface area contributed by atoms with Gasteiger partial charge in [-0.05, 0) is 17.7 Å². The van der Waals surface area contributed by atoms with Crippen LogP contribution < -0.4 is 11.1 Å². The minimum Gasteiger partial charge on any atom is -0.305 e. The van der Waals surface area contributed by atoms with Crippen molar-refractivity contribution in [2.75, 3.05) is 0 Å². The number of terminal acetylenes is 1. The molecule has 0 saturated heterocycles. The molecule has 19 heavy (non-hydrogen) atoms. The molecule has 1 heterocycles. The third-order valence-corrected chi connectivity index (χ3v) is 2.66. The number of rotatable bonds is 3. The van der Waals surface area contributed by atoms with Crippen LogP contribution in [0.15, 0.2) is 46.2 Å². The minimum atomic E-state index is -0.664. The summed E-state index contributed by atoms with van der Waals surface area (Å²) in [7, 11) is 0. The van der Waals surface area contributed by atoms with Crippen molar-refractivity contribution in [3.05, 3.63) is 68.7 Å². The fraction of sp³-hybridized carbons (Fsp3) is 0.143. The molecule has 0 aliphatic rings. The Bertz CT molecular complexity index is 736. The van der Waals surface area contributed by atoms with E-state index in [0.29, 0.717) is 0 Å². The van der Waals surface area contributed by atoms with Gasteiger partial charge in [-0.1, -0.05) is 18.1 Å². The molecule has 0 unspecified atom stereocenters. The topological polar surface area (TPSA) is 44.0 Å². The lowest BCUT2D eigenvalue weighted by Crippen LogP contribution is -2.40. The van der Waals surface area contributed by atoms with Crippen molar-refractivity contribution >= 4 is 0 Å². The van der Waals surface area contributed by atoms with E-state index >= 15 is 0 Å². The Labute approximate surface area is 108 Å². The molecule has 0 atom stereocenters. The number of hydrogen-bond donors (Lipinski definition) is 0. The summed E-state index contributed by atoms with van der Waals surface area (Å²) in [6.07, 6.45) is 8.06. The predicted molar refractivity (Wildman–Crippen MR) is 69.3 cm³/mol. The summed E-state index contributed by atoms with van der Waals surface area (Å²) >= 11 is 0. The van der Waals surface area contributed by atoms with Crippen LogP contribution in [-0.2, 0) is 13.1 Å². The highest BCUT2D eigenvalue weighted by Crippen LogP contribution is 2.03. The van der Waals surface area contributed by atoms with Crippen LogP contribution in [0.3, 0.4) is 0 Å². The molecule has 0 spiro atoms. The molecule has 2 aromatic rings. The summed E-state index contributed by atoms with van der Waals surface area (Å²) in [6, 6.07) is 5.74. The zero-order chi connectivity index (χ0) is 13.8. The molecule has 0 fully saturated rings. The van der Waals surface area contributed by atoms with E-state index in [-0.39, 0.29) is 18.9 Å². The van der Waals surface area contributed by atoms with Gasteiger partial charge in [0.25, 0.3) is 0 Å². The lowest BCUT2D eigenvalue weighted by molar-refractivity contribution is 0.625.